The third-order valence-electron chi connectivity index (χ3n) is 6.55. The topological polar surface area (TPSA) is 89.3 Å². The molecule has 0 aliphatic carbocycles. The van der Waals surface area contributed by atoms with E-state index in [4.69, 9.17) is 4.42 Å². The van der Waals surface area contributed by atoms with E-state index in [2.05, 4.69) is 5.32 Å². The molecule has 2 fully saturated rings. The van der Waals surface area contributed by atoms with E-state index in [0.717, 1.165) is 5.56 Å². The summed E-state index contributed by atoms with van der Waals surface area (Å²) in [6.07, 6.45) is 1.59. The zero-order chi connectivity index (χ0) is 24.4. The molecule has 2 aliphatic heterocycles. The van der Waals surface area contributed by atoms with E-state index in [0.29, 0.717) is 12.2 Å². The molecule has 0 radical (unpaired) electrons. The summed E-state index contributed by atoms with van der Waals surface area (Å²) in [5.41, 5.74) is 0.748. The summed E-state index contributed by atoms with van der Waals surface area (Å²) < 4.78 is 18.7. The zero-order valence-electron chi connectivity index (χ0n) is 19.6. The number of nitrogens with one attached hydrogen (secondary N) is 1. The number of hydrazine groups is 1. The minimum absolute atomic E-state index is 0.0150. The average molecular weight is 472 g/mol. The highest BCUT2D eigenvalue weighted by Gasteiger charge is 2.51. The van der Waals surface area contributed by atoms with Gasteiger partial charge in [-0.2, -0.15) is 0 Å². The van der Waals surface area contributed by atoms with Crippen LogP contribution in [0.1, 0.15) is 31.6 Å². The van der Waals surface area contributed by atoms with Gasteiger partial charge >= 0.3 is 6.03 Å². The number of carbonyl (C=O) groups excluding carboxylic acids is 3. The van der Waals surface area contributed by atoms with Gasteiger partial charge in [0.15, 0.2) is 0 Å². The van der Waals surface area contributed by atoms with Crippen LogP contribution < -0.4 is 5.32 Å². The average Bonchev–Trinajstić information content (AvgIpc) is 3.32. The zero-order valence-corrected chi connectivity index (χ0v) is 19.6. The van der Waals surface area contributed by atoms with Crippen molar-refractivity contribution in [2.75, 3.05) is 20.1 Å². The van der Waals surface area contributed by atoms with Crippen LogP contribution in [0.3, 0.4) is 0 Å². The van der Waals surface area contributed by atoms with Gasteiger partial charge in [-0.3, -0.25) is 9.59 Å². The van der Waals surface area contributed by atoms with Gasteiger partial charge in [-0.15, -0.1) is 0 Å². The fraction of sp³-hybridized carbons (Fsp3) is 0.458. The van der Waals surface area contributed by atoms with Crippen LogP contribution in [0, 0.1) is 11.7 Å². The van der Waals surface area contributed by atoms with E-state index in [1.807, 2.05) is 13.8 Å². The Labute approximate surface area is 198 Å². The molecule has 0 saturated carbocycles. The lowest BCUT2D eigenvalue weighted by molar-refractivity contribution is -0.191. The summed E-state index contributed by atoms with van der Waals surface area (Å²) in [6.45, 7) is 4.53. The molecule has 2 aliphatic rings. The van der Waals surface area contributed by atoms with Crippen LogP contribution in [-0.2, 0) is 22.7 Å². The Kier molecular flexibility index (Phi) is 6.87. The molecule has 10 heteroatoms. The fourth-order valence-corrected chi connectivity index (χ4v) is 4.59. The normalized spacial score (nSPS) is 22.1. The van der Waals surface area contributed by atoms with Gasteiger partial charge in [0, 0.05) is 13.6 Å². The van der Waals surface area contributed by atoms with Crippen molar-refractivity contribution in [3.8, 4) is 0 Å². The third-order valence-corrected chi connectivity index (χ3v) is 6.55. The Hall–Kier alpha value is -3.40. The molecule has 1 aromatic heterocycles. The molecule has 2 saturated heterocycles. The number of benzene rings is 1. The number of hydrogen-bond acceptors (Lipinski definition) is 5. The third kappa shape index (κ3) is 4.63. The van der Waals surface area contributed by atoms with E-state index in [1.165, 1.54) is 17.1 Å². The second kappa shape index (κ2) is 9.84. The number of carbonyl (C=O) groups is 3. The number of nitrogens with zero attached hydrogens (tertiary/aromatic N) is 4. The first-order valence-electron chi connectivity index (χ1n) is 11.4. The van der Waals surface area contributed by atoms with E-state index < -0.39 is 18.2 Å². The summed E-state index contributed by atoms with van der Waals surface area (Å²) >= 11 is 0. The molecule has 1 aromatic carbocycles. The van der Waals surface area contributed by atoms with Gasteiger partial charge in [-0.25, -0.2) is 19.2 Å². The van der Waals surface area contributed by atoms with E-state index in [9.17, 15) is 18.8 Å². The Morgan fingerprint density at radius 2 is 1.97 bits per heavy atom. The van der Waals surface area contributed by atoms with Crippen LogP contribution in [0.5, 0.6) is 0 Å². The molecule has 1 unspecified atom stereocenters. The monoisotopic (exact) mass is 471 g/mol. The molecule has 182 valence electrons. The molecule has 0 bridgehead atoms. The molecule has 34 heavy (non-hydrogen) atoms. The molecule has 2 aromatic rings. The van der Waals surface area contributed by atoms with Crippen molar-refractivity contribution >= 4 is 17.8 Å². The SMILES string of the molecule is CCC(C)[C@H]1C(=O)N(Cc2ccco2)C[C@H]2N1C(=O)CN(C)N2C(=O)NCc1ccc(F)cc1. The number of fused-ring (bicyclic) bond motifs is 1. The van der Waals surface area contributed by atoms with E-state index in [-0.39, 0.29) is 49.7 Å². The molecular formula is C24H30FN5O4. The largest absolute Gasteiger partial charge is 0.467 e. The first-order chi connectivity index (χ1) is 16.3. The van der Waals surface area contributed by atoms with Crippen molar-refractivity contribution < 1.29 is 23.2 Å². The predicted octanol–water partition coefficient (Wildman–Crippen LogP) is 2.40. The number of hydrogen-bond donors (Lipinski definition) is 1. The second-order valence-electron chi connectivity index (χ2n) is 8.86. The Morgan fingerprint density at radius 3 is 2.62 bits per heavy atom. The van der Waals surface area contributed by atoms with Gasteiger partial charge in [0.2, 0.25) is 11.8 Å². The highest BCUT2D eigenvalue weighted by atomic mass is 19.1. The summed E-state index contributed by atoms with van der Waals surface area (Å²) in [4.78, 5) is 43.1. The molecule has 4 rings (SSSR count). The number of furan rings is 1. The van der Waals surface area contributed by atoms with Crippen molar-refractivity contribution in [1.82, 2.24) is 25.1 Å². The van der Waals surface area contributed by atoms with Crippen LogP contribution in [-0.4, -0.2) is 70.0 Å². The summed E-state index contributed by atoms with van der Waals surface area (Å²) in [7, 11) is 1.68. The molecule has 3 heterocycles. The number of piperazine rings is 1. The van der Waals surface area contributed by atoms with Crippen LogP contribution in [0.25, 0.3) is 0 Å². The number of urea groups is 1. The minimum Gasteiger partial charge on any atom is -0.467 e. The van der Waals surface area contributed by atoms with Crippen molar-refractivity contribution in [1.29, 1.82) is 0 Å². The van der Waals surface area contributed by atoms with Crippen molar-refractivity contribution in [3.63, 3.8) is 0 Å². The van der Waals surface area contributed by atoms with Gasteiger partial charge in [0.1, 0.15) is 23.8 Å². The van der Waals surface area contributed by atoms with Crippen LogP contribution in [0.4, 0.5) is 9.18 Å². The Morgan fingerprint density at radius 1 is 1.24 bits per heavy atom. The molecule has 4 amide bonds. The lowest BCUT2D eigenvalue weighted by atomic mass is 9.92. The summed E-state index contributed by atoms with van der Waals surface area (Å²) in [5, 5.41) is 5.94. The van der Waals surface area contributed by atoms with Gasteiger partial charge in [0.25, 0.3) is 0 Å². The van der Waals surface area contributed by atoms with E-state index in [1.54, 1.807) is 52.4 Å². The van der Waals surface area contributed by atoms with E-state index >= 15 is 0 Å². The first kappa shape index (κ1) is 23.7. The number of halogens is 1. The smallest absolute Gasteiger partial charge is 0.334 e. The van der Waals surface area contributed by atoms with Crippen molar-refractivity contribution in [3.05, 3.63) is 59.8 Å². The number of rotatable bonds is 6. The standard InChI is InChI=1S/C24H30FN5O4/c1-4-16(2)22-23(32)28(13-19-6-5-11-34-19)14-20-29(22)21(31)15-27(3)30(20)24(33)26-12-17-7-9-18(25)10-8-17/h5-11,16,20,22H,4,12-15H2,1-3H3,(H,26,33)/t16?,20-,22-/m0/s1. The minimum atomic E-state index is -0.674. The number of amides is 4. The molecule has 3 atom stereocenters. The maximum absolute atomic E-state index is 13.5. The van der Waals surface area contributed by atoms with Crippen LogP contribution >= 0.6 is 0 Å². The number of likely N-dealkylation sites (N-methyl/N-ethyl adjacent to an activating group) is 1. The lowest BCUT2D eigenvalue weighted by Gasteiger charge is -2.55. The maximum atomic E-state index is 13.5. The van der Waals surface area contributed by atoms with Gasteiger partial charge in [-0.1, -0.05) is 32.4 Å². The molecule has 9 nitrogen and oxygen atoms in total. The molecule has 0 spiro atoms. The van der Waals surface area contributed by atoms with Gasteiger partial charge in [-0.05, 0) is 35.7 Å². The first-order valence-corrected chi connectivity index (χ1v) is 11.4. The van der Waals surface area contributed by atoms with Crippen molar-refractivity contribution in [2.45, 2.75) is 45.6 Å². The molecule has 1 N–H and O–H groups in total. The van der Waals surface area contributed by atoms with Gasteiger partial charge in [0.05, 0.1) is 25.9 Å². The summed E-state index contributed by atoms with van der Waals surface area (Å²) in [5.74, 6) is -0.143. The summed E-state index contributed by atoms with van der Waals surface area (Å²) in [6, 6.07) is 8.37. The highest BCUT2D eigenvalue weighted by molar-refractivity contribution is 5.91. The van der Waals surface area contributed by atoms with Gasteiger partial charge < -0.3 is 19.5 Å². The fourth-order valence-electron chi connectivity index (χ4n) is 4.59. The molecular weight excluding hydrogens is 441 g/mol. The Bertz CT molecular complexity index is 1030. The van der Waals surface area contributed by atoms with Crippen LogP contribution in [0.2, 0.25) is 0 Å². The predicted molar refractivity (Wildman–Crippen MR) is 121 cm³/mol. The lowest BCUT2D eigenvalue weighted by Crippen LogP contribution is -2.76. The highest BCUT2D eigenvalue weighted by Crippen LogP contribution is 2.31. The maximum Gasteiger partial charge on any atom is 0.334 e. The second-order valence-corrected chi connectivity index (χ2v) is 8.86. The Balaban J connectivity index is 1.60. The van der Waals surface area contributed by atoms with Crippen molar-refractivity contribution in [2.24, 2.45) is 5.92 Å². The quantitative estimate of drug-likeness (QED) is 0.699. The van der Waals surface area contributed by atoms with Crippen LogP contribution in [0.15, 0.2) is 47.1 Å².